The molecule has 1 aromatic carbocycles. The Labute approximate surface area is 149 Å². The monoisotopic (exact) mass is 344 g/mol. The molecule has 1 heterocycles. The second-order valence-electron chi connectivity index (χ2n) is 6.51. The molecule has 1 atom stereocenters. The summed E-state index contributed by atoms with van der Waals surface area (Å²) in [7, 11) is 3.24. The summed E-state index contributed by atoms with van der Waals surface area (Å²) in [6, 6.07) is 9.56. The zero-order valence-corrected chi connectivity index (χ0v) is 15.5. The Kier molecular flexibility index (Phi) is 6.92. The first-order chi connectivity index (χ1) is 12.0. The third-order valence-corrected chi connectivity index (χ3v) is 4.15. The zero-order valence-electron chi connectivity index (χ0n) is 15.5. The van der Waals surface area contributed by atoms with E-state index in [2.05, 4.69) is 19.2 Å². The number of rotatable bonds is 9. The average molecular weight is 344 g/mol. The molecule has 0 fully saturated rings. The van der Waals surface area contributed by atoms with E-state index >= 15 is 0 Å². The number of methoxy groups -OCH3 is 2. The summed E-state index contributed by atoms with van der Waals surface area (Å²) in [5.74, 6) is 1.92. The van der Waals surface area contributed by atoms with E-state index < -0.39 is 0 Å². The van der Waals surface area contributed by atoms with E-state index in [9.17, 15) is 4.79 Å². The van der Waals surface area contributed by atoms with Crippen molar-refractivity contribution in [3.8, 4) is 11.5 Å². The van der Waals surface area contributed by atoms with Gasteiger partial charge < -0.3 is 19.4 Å². The van der Waals surface area contributed by atoms with Crippen molar-refractivity contribution in [1.82, 2.24) is 9.88 Å². The van der Waals surface area contributed by atoms with Crippen LogP contribution in [0.25, 0.3) is 0 Å². The van der Waals surface area contributed by atoms with Crippen LogP contribution >= 0.6 is 0 Å². The largest absolute Gasteiger partial charge is 0.493 e. The molecule has 2 rings (SSSR count). The molecular formula is C20H28N2O3. The van der Waals surface area contributed by atoms with Gasteiger partial charge in [0.05, 0.1) is 14.2 Å². The maximum Gasteiger partial charge on any atom is 0.243 e. The molecule has 1 N–H and O–H groups in total. The fourth-order valence-corrected chi connectivity index (χ4v) is 2.85. The molecule has 0 saturated heterocycles. The first-order valence-corrected chi connectivity index (χ1v) is 8.66. The molecule has 0 bridgehead atoms. The van der Waals surface area contributed by atoms with Crippen molar-refractivity contribution in [3.05, 3.63) is 48.3 Å². The van der Waals surface area contributed by atoms with Gasteiger partial charge in [-0.05, 0) is 48.6 Å². The van der Waals surface area contributed by atoms with E-state index in [-0.39, 0.29) is 11.9 Å². The highest BCUT2D eigenvalue weighted by Crippen LogP contribution is 2.27. The molecule has 5 heteroatoms. The van der Waals surface area contributed by atoms with Crippen LogP contribution < -0.4 is 14.8 Å². The molecule has 2 aromatic rings. The Hall–Kier alpha value is -2.43. The highest BCUT2D eigenvalue weighted by Gasteiger charge is 2.20. The molecule has 0 aliphatic carbocycles. The van der Waals surface area contributed by atoms with Gasteiger partial charge in [0, 0.05) is 18.9 Å². The van der Waals surface area contributed by atoms with Gasteiger partial charge in [-0.3, -0.25) is 4.79 Å². The van der Waals surface area contributed by atoms with Crippen molar-refractivity contribution in [2.24, 2.45) is 5.92 Å². The second kappa shape index (κ2) is 9.16. The lowest BCUT2D eigenvalue weighted by Gasteiger charge is -2.20. The molecule has 5 nitrogen and oxygen atoms in total. The minimum absolute atomic E-state index is 0.0605. The summed E-state index contributed by atoms with van der Waals surface area (Å²) < 4.78 is 12.5. The van der Waals surface area contributed by atoms with Gasteiger partial charge in [0.2, 0.25) is 5.91 Å². The quantitative estimate of drug-likeness (QED) is 0.758. The Morgan fingerprint density at radius 1 is 1.12 bits per heavy atom. The molecular weight excluding hydrogens is 316 g/mol. The van der Waals surface area contributed by atoms with Crippen LogP contribution in [0.15, 0.2) is 42.7 Å². The van der Waals surface area contributed by atoms with Crippen molar-refractivity contribution < 1.29 is 14.3 Å². The minimum atomic E-state index is -0.166. The lowest BCUT2D eigenvalue weighted by Crippen LogP contribution is -2.34. The molecule has 0 unspecified atom stereocenters. The van der Waals surface area contributed by atoms with Crippen LogP contribution in [0.2, 0.25) is 0 Å². The first kappa shape index (κ1) is 18.9. The van der Waals surface area contributed by atoms with E-state index in [1.165, 1.54) is 0 Å². The normalized spacial score (nSPS) is 12.0. The number of nitrogens with zero attached hydrogens (tertiary/aromatic N) is 1. The van der Waals surface area contributed by atoms with Crippen molar-refractivity contribution in [3.63, 3.8) is 0 Å². The second-order valence-corrected chi connectivity index (χ2v) is 6.51. The first-order valence-electron chi connectivity index (χ1n) is 8.66. The maximum atomic E-state index is 12.6. The summed E-state index contributed by atoms with van der Waals surface area (Å²) in [5.41, 5.74) is 1.10. The lowest BCUT2D eigenvalue weighted by molar-refractivity contribution is -0.124. The van der Waals surface area contributed by atoms with Gasteiger partial charge in [0.15, 0.2) is 11.5 Å². The van der Waals surface area contributed by atoms with Crippen LogP contribution in [0.5, 0.6) is 11.5 Å². The maximum absolute atomic E-state index is 12.6. The highest BCUT2D eigenvalue weighted by atomic mass is 16.5. The summed E-state index contributed by atoms with van der Waals surface area (Å²) in [5, 5.41) is 3.06. The van der Waals surface area contributed by atoms with Crippen molar-refractivity contribution in [1.29, 1.82) is 0 Å². The lowest BCUT2D eigenvalue weighted by atomic mass is 10.0. The van der Waals surface area contributed by atoms with Crippen LogP contribution in [0.1, 0.15) is 31.9 Å². The number of hydrogen-bond donors (Lipinski definition) is 1. The molecule has 0 aliphatic heterocycles. The number of carbonyl (C=O) groups is 1. The van der Waals surface area contributed by atoms with Crippen LogP contribution in [0, 0.1) is 5.92 Å². The highest BCUT2D eigenvalue weighted by molar-refractivity contribution is 5.80. The molecule has 1 amide bonds. The predicted molar refractivity (Wildman–Crippen MR) is 99.2 cm³/mol. The number of hydrogen-bond acceptors (Lipinski definition) is 3. The fraction of sp³-hybridized carbons (Fsp3) is 0.450. The number of benzene rings is 1. The van der Waals surface area contributed by atoms with Crippen molar-refractivity contribution in [2.75, 3.05) is 20.8 Å². The van der Waals surface area contributed by atoms with Gasteiger partial charge in [-0.15, -0.1) is 0 Å². The van der Waals surface area contributed by atoms with E-state index in [1.54, 1.807) is 14.2 Å². The van der Waals surface area contributed by atoms with Gasteiger partial charge in [-0.25, -0.2) is 0 Å². The van der Waals surface area contributed by atoms with Crippen LogP contribution in [0.3, 0.4) is 0 Å². The van der Waals surface area contributed by atoms with E-state index in [0.717, 1.165) is 18.4 Å². The van der Waals surface area contributed by atoms with Gasteiger partial charge >= 0.3 is 0 Å². The van der Waals surface area contributed by atoms with Crippen molar-refractivity contribution >= 4 is 5.91 Å². The Morgan fingerprint density at radius 2 is 1.80 bits per heavy atom. The predicted octanol–water partition coefficient (Wildman–Crippen LogP) is 3.45. The van der Waals surface area contributed by atoms with Crippen LogP contribution in [-0.2, 0) is 11.2 Å². The number of carbonyl (C=O) groups excluding carboxylic acids is 1. The minimum Gasteiger partial charge on any atom is -0.493 e. The molecule has 0 saturated carbocycles. The fourth-order valence-electron chi connectivity index (χ4n) is 2.85. The summed E-state index contributed by atoms with van der Waals surface area (Å²) in [6.45, 7) is 4.85. The van der Waals surface area contributed by atoms with Crippen LogP contribution in [-0.4, -0.2) is 31.2 Å². The smallest absolute Gasteiger partial charge is 0.243 e. The van der Waals surface area contributed by atoms with E-state index in [4.69, 9.17) is 9.47 Å². The summed E-state index contributed by atoms with van der Waals surface area (Å²) >= 11 is 0. The Morgan fingerprint density at radius 3 is 2.40 bits per heavy atom. The molecule has 0 radical (unpaired) electrons. The third-order valence-electron chi connectivity index (χ3n) is 4.15. The third kappa shape index (κ3) is 5.28. The molecule has 1 aromatic heterocycles. The van der Waals surface area contributed by atoms with Gasteiger partial charge in [0.25, 0.3) is 0 Å². The van der Waals surface area contributed by atoms with Crippen molar-refractivity contribution in [2.45, 2.75) is 32.7 Å². The van der Waals surface area contributed by atoms with Crippen LogP contribution in [0.4, 0.5) is 0 Å². The standard InChI is InChI=1S/C20H28N2O3/c1-15(2)13-17(22-11-5-6-12-22)20(23)21-10-9-16-7-8-18(24-3)19(14-16)25-4/h5-8,11-12,14-15,17H,9-10,13H2,1-4H3,(H,21,23)/t17-/m0/s1. The molecule has 0 spiro atoms. The number of ether oxygens (including phenoxy) is 2. The Balaban J connectivity index is 1.94. The average Bonchev–Trinajstić information content (AvgIpc) is 3.13. The van der Waals surface area contributed by atoms with Gasteiger partial charge in [-0.1, -0.05) is 19.9 Å². The van der Waals surface area contributed by atoms with E-state index in [1.807, 2.05) is 47.3 Å². The van der Waals surface area contributed by atoms with E-state index in [0.29, 0.717) is 24.0 Å². The summed E-state index contributed by atoms with van der Waals surface area (Å²) in [4.78, 5) is 12.6. The SMILES string of the molecule is COc1ccc(CCNC(=O)[C@H](CC(C)C)n2cccc2)cc1OC. The topological polar surface area (TPSA) is 52.5 Å². The number of amides is 1. The Bertz CT molecular complexity index is 666. The molecule has 0 aliphatic rings. The molecule has 136 valence electrons. The van der Waals surface area contributed by atoms with Gasteiger partial charge in [0.1, 0.15) is 6.04 Å². The number of aromatic nitrogens is 1. The number of nitrogens with one attached hydrogen (secondary N) is 1. The summed E-state index contributed by atoms with van der Waals surface area (Å²) in [6.07, 6.45) is 5.45. The van der Waals surface area contributed by atoms with Gasteiger partial charge in [-0.2, -0.15) is 0 Å². The zero-order chi connectivity index (χ0) is 18.2. The molecule has 25 heavy (non-hydrogen) atoms.